The van der Waals surface area contributed by atoms with E-state index in [2.05, 4.69) is 19.2 Å². The van der Waals surface area contributed by atoms with Gasteiger partial charge in [-0.05, 0) is 61.4 Å². The van der Waals surface area contributed by atoms with Gasteiger partial charge in [0.15, 0.2) is 0 Å². The van der Waals surface area contributed by atoms with Gasteiger partial charge in [-0.3, -0.25) is 0 Å². The summed E-state index contributed by atoms with van der Waals surface area (Å²) in [6.45, 7) is 7.49. The van der Waals surface area contributed by atoms with Crippen LogP contribution in [0.1, 0.15) is 50.2 Å². The van der Waals surface area contributed by atoms with Gasteiger partial charge in [-0.2, -0.15) is 0 Å². The molecule has 1 N–H and O–H groups in total. The maximum Gasteiger partial charge on any atom is 0.123 e. The minimum absolute atomic E-state index is 0.119. The Morgan fingerprint density at radius 2 is 2.11 bits per heavy atom. The van der Waals surface area contributed by atoms with E-state index in [-0.39, 0.29) is 5.82 Å². The second-order valence-corrected chi connectivity index (χ2v) is 5.86. The van der Waals surface area contributed by atoms with Gasteiger partial charge in [-0.15, -0.1) is 0 Å². The number of hydrogen-bond donors (Lipinski definition) is 1. The summed E-state index contributed by atoms with van der Waals surface area (Å²) in [4.78, 5) is 0. The molecule has 0 saturated heterocycles. The fourth-order valence-corrected chi connectivity index (χ4v) is 3.13. The number of rotatable bonds is 4. The smallest absolute Gasteiger partial charge is 0.123 e. The lowest BCUT2D eigenvalue weighted by Gasteiger charge is -2.23. The molecule has 18 heavy (non-hydrogen) atoms. The highest BCUT2D eigenvalue weighted by Gasteiger charge is 2.29. The van der Waals surface area contributed by atoms with Crippen molar-refractivity contribution in [2.75, 3.05) is 6.54 Å². The Bertz CT molecular complexity index is 400. The van der Waals surface area contributed by atoms with E-state index in [4.69, 9.17) is 0 Å². The Balaban J connectivity index is 2.10. The molecule has 2 unspecified atom stereocenters. The van der Waals surface area contributed by atoms with Crippen molar-refractivity contribution in [1.82, 2.24) is 5.32 Å². The van der Waals surface area contributed by atoms with Gasteiger partial charge in [0.25, 0.3) is 0 Å². The summed E-state index contributed by atoms with van der Waals surface area (Å²) in [5.74, 6) is 1.19. The second kappa shape index (κ2) is 5.83. The lowest BCUT2D eigenvalue weighted by Crippen LogP contribution is -2.30. The van der Waals surface area contributed by atoms with Crippen molar-refractivity contribution in [3.8, 4) is 0 Å². The molecule has 0 bridgehead atoms. The van der Waals surface area contributed by atoms with Crippen molar-refractivity contribution in [2.45, 2.75) is 52.0 Å². The van der Waals surface area contributed by atoms with Crippen molar-refractivity contribution in [3.63, 3.8) is 0 Å². The first kappa shape index (κ1) is 13.5. The Morgan fingerprint density at radius 3 is 2.78 bits per heavy atom. The summed E-state index contributed by atoms with van der Waals surface area (Å²) in [5, 5.41) is 3.54. The minimum atomic E-state index is -0.119. The summed E-state index contributed by atoms with van der Waals surface area (Å²) < 4.78 is 13.2. The molecule has 0 radical (unpaired) electrons. The molecule has 0 heterocycles. The second-order valence-electron chi connectivity index (χ2n) is 5.86. The third kappa shape index (κ3) is 3.11. The zero-order valence-electron chi connectivity index (χ0n) is 11.7. The van der Waals surface area contributed by atoms with Crippen LogP contribution in [0.2, 0.25) is 0 Å². The minimum Gasteiger partial charge on any atom is -0.314 e. The Kier molecular flexibility index (Phi) is 4.39. The molecular weight excluding hydrogens is 225 g/mol. The summed E-state index contributed by atoms with van der Waals surface area (Å²) in [5.41, 5.74) is 2.46. The molecular formula is C16H24FN. The zero-order chi connectivity index (χ0) is 13.1. The summed E-state index contributed by atoms with van der Waals surface area (Å²) in [6.07, 6.45) is 3.84. The van der Waals surface area contributed by atoms with E-state index >= 15 is 0 Å². The van der Waals surface area contributed by atoms with Gasteiger partial charge in [0.1, 0.15) is 5.82 Å². The monoisotopic (exact) mass is 249 g/mol. The van der Waals surface area contributed by atoms with Crippen molar-refractivity contribution < 1.29 is 4.39 Å². The van der Waals surface area contributed by atoms with Gasteiger partial charge in [0, 0.05) is 6.04 Å². The molecule has 1 fully saturated rings. The number of benzene rings is 1. The molecule has 0 aromatic heterocycles. The molecule has 1 aliphatic carbocycles. The first-order valence-corrected chi connectivity index (χ1v) is 7.07. The molecule has 1 aromatic rings. The van der Waals surface area contributed by atoms with E-state index in [9.17, 15) is 4.39 Å². The number of halogens is 1. The quantitative estimate of drug-likeness (QED) is 0.850. The molecule has 0 amide bonds. The Hall–Kier alpha value is -0.890. The van der Waals surface area contributed by atoms with Crippen LogP contribution in [-0.2, 0) is 0 Å². The first-order valence-electron chi connectivity index (χ1n) is 7.07. The number of nitrogens with one attached hydrogen (secondary N) is 1. The molecule has 1 aliphatic rings. The molecule has 1 saturated carbocycles. The Morgan fingerprint density at radius 1 is 1.33 bits per heavy atom. The predicted molar refractivity (Wildman–Crippen MR) is 74.4 cm³/mol. The van der Waals surface area contributed by atoms with Gasteiger partial charge in [0.05, 0.1) is 0 Å². The van der Waals surface area contributed by atoms with Gasteiger partial charge < -0.3 is 5.32 Å². The summed E-state index contributed by atoms with van der Waals surface area (Å²) >= 11 is 0. The van der Waals surface area contributed by atoms with E-state index in [1.165, 1.54) is 24.8 Å². The third-order valence-corrected chi connectivity index (χ3v) is 4.08. The number of hydrogen-bond acceptors (Lipinski definition) is 1. The van der Waals surface area contributed by atoms with Gasteiger partial charge in [-0.1, -0.05) is 26.3 Å². The SMILES string of the molecule is Cc1cc(F)ccc1C1CCCC1CNC(C)C. The van der Waals surface area contributed by atoms with Crippen LogP contribution in [0.5, 0.6) is 0 Å². The molecule has 1 aromatic carbocycles. The van der Waals surface area contributed by atoms with Crippen molar-refractivity contribution in [3.05, 3.63) is 35.1 Å². The lowest BCUT2D eigenvalue weighted by atomic mass is 9.86. The molecule has 1 nitrogen and oxygen atoms in total. The standard InChI is InChI=1S/C16H24FN/c1-11(2)18-10-13-5-4-6-16(13)15-8-7-14(17)9-12(15)3/h7-9,11,13,16,18H,4-6,10H2,1-3H3. The average Bonchev–Trinajstić information content (AvgIpc) is 2.74. The maximum absolute atomic E-state index is 13.2. The summed E-state index contributed by atoms with van der Waals surface area (Å²) in [6, 6.07) is 5.80. The van der Waals surface area contributed by atoms with Gasteiger partial charge >= 0.3 is 0 Å². The van der Waals surface area contributed by atoms with Crippen molar-refractivity contribution in [1.29, 1.82) is 0 Å². The van der Waals surface area contributed by atoms with E-state index in [1.807, 2.05) is 13.0 Å². The average molecular weight is 249 g/mol. The van der Waals surface area contributed by atoms with Crippen LogP contribution in [0.3, 0.4) is 0 Å². The highest BCUT2D eigenvalue weighted by atomic mass is 19.1. The van der Waals surface area contributed by atoms with Crippen LogP contribution >= 0.6 is 0 Å². The number of aryl methyl sites for hydroxylation is 1. The van der Waals surface area contributed by atoms with Crippen LogP contribution in [0.25, 0.3) is 0 Å². The maximum atomic E-state index is 13.2. The van der Waals surface area contributed by atoms with Crippen LogP contribution in [0, 0.1) is 18.7 Å². The molecule has 2 heteroatoms. The van der Waals surface area contributed by atoms with Crippen LogP contribution in [0.4, 0.5) is 4.39 Å². The van der Waals surface area contributed by atoms with Crippen molar-refractivity contribution in [2.24, 2.45) is 5.92 Å². The van der Waals surface area contributed by atoms with Crippen LogP contribution in [0.15, 0.2) is 18.2 Å². The van der Waals surface area contributed by atoms with E-state index in [1.54, 1.807) is 12.1 Å². The highest BCUT2D eigenvalue weighted by Crippen LogP contribution is 2.40. The lowest BCUT2D eigenvalue weighted by molar-refractivity contribution is 0.421. The van der Waals surface area contributed by atoms with Gasteiger partial charge in [-0.25, -0.2) is 4.39 Å². The fourth-order valence-electron chi connectivity index (χ4n) is 3.13. The molecule has 0 aliphatic heterocycles. The third-order valence-electron chi connectivity index (χ3n) is 4.08. The largest absolute Gasteiger partial charge is 0.314 e. The molecule has 2 atom stereocenters. The van der Waals surface area contributed by atoms with E-state index < -0.39 is 0 Å². The zero-order valence-corrected chi connectivity index (χ0v) is 11.7. The van der Waals surface area contributed by atoms with E-state index in [0.29, 0.717) is 17.9 Å². The summed E-state index contributed by atoms with van der Waals surface area (Å²) in [7, 11) is 0. The van der Waals surface area contributed by atoms with Gasteiger partial charge in [0.2, 0.25) is 0 Å². The molecule has 0 spiro atoms. The predicted octanol–water partition coefficient (Wildman–Crippen LogP) is 4.02. The normalized spacial score (nSPS) is 23.8. The van der Waals surface area contributed by atoms with Crippen LogP contribution < -0.4 is 5.32 Å². The Labute approximate surface area is 110 Å². The first-order chi connectivity index (χ1) is 8.58. The topological polar surface area (TPSA) is 12.0 Å². The highest BCUT2D eigenvalue weighted by molar-refractivity contribution is 5.31. The molecule has 2 rings (SSSR count). The van der Waals surface area contributed by atoms with Crippen LogP contribution in [-0.4, -0.2) is 12.6 Å². The molecule has 100 valence electrons. The van der Waals surface area contributed by atoms with E-state index in [0.717, 1.165) is 12.1 Å². The van der Waals surface area contributed by atoms with Crippen molar-refractivity contribution >= 4 is 0 Å². The fraction of sp³-hybridized carbons (Fsp3) is 0.625.